The Bertz CT molecular complexity index is 2840. The molecule has 392 valence electrons. The molecule has 3 aliphatic rings. The summed E-state index contributed by atoms with van der Waals surface area (Å²) in [6.45, 7) is 1.23. The molecule has 0 amide bonds. The third-order valence-electron chi connectivity index (χ3n) is 13.8. The molecule has 2 heterocycles. The van der Waals surface area contributed by atoms with Gasteiger partial charge in [-0.3, -0.25) is 0 Å². The predicted octanol–water partition coefficient (Wildman–Crippen LogP) is 11.4. The molecule has 2 saturated heterocycles. The molecule has 0 spiro atoms. The molecule has 14 nitrogen and oxygen atoms in total. The number of hydrogen-bond acceptors (Lipinski definition) is 12. The van der Waals surface area contributed by atoms with E-state index in [2.05, 4.69) is 10.0 Å². The molecule has 2 aliphatic heterocycles. The van der Waals surface area contributed by atoms with Gasteiger partial charge in [0.2, 0.25) is 0 Å². The molecule has 3 fully saturated rings. The second-order valence-electron chi connectivity index (χ2n) is 18.9. The van der Waals surface area contributed by atoms with Crippen molar-refractivity contribution in [2.45, 2.75) is 113 Å². The fourth-order valence-electron chi connectivity index (χ4n) is 9.95. The Morgan fingerprint density at radius 1 is 0.434 bits per heavy atom. The van der Waals surface area contributed by atoms with Crippen molar-refractivity contribution in [1.29, 1.82) is 0 Å². The molecule has 12 atom stereocenters. The number of methoxy groups -OCH3 is 1. The summed E-state index contributed by atoms with van der Waals surface area (Å²) >= 11 is 0. The Morgan fingerprint density at radius 2 is 0.789 bits per heavy atom. The highest BCUT2D eigenvalue weighted by molar-refractivity contribution is 5.27. The molecule has 7 aromatic rings. The van der Waals surface area contributed by atoms with E-state index >= 15 is 0 Å². The summed E-state index contributed by atoms with van der Waals surface area (Å²) in [4.78, 5) is 3.40. The molecule has 76 heavy (non-hydrogen) atoms. The minimum atomic E-state index is -1.26. The van der Waals surface area contributed by atoms with E-state index in [-0.39, 0.29) is 46.2 Å². The van der Waals surface area contributed by atoms with Gasteiger partial charge in [0.25, 0.3) is 0 Å². The summed E-state index contributed by atoms with van der Waals surface area (Å²) in [5, 5.41) is 4.44. The van der Waals surface area contributed by atoms with Gasteiger partial charge in [-0.1, -0.05) is 199 Å². The van der Waals surface area contributed by atoms with Crippen LogP contribution in [-0.2, 0) is 87.0 Å². The second kappa shape index (κ2) is 26.8. The summed E-state index contributed by atoms with van der Waals surface area (Å²) in [6.07, 6.45) is -9.78. The number of benzene rings is 7. The van der Waals surface area contributed by atoms with Crippen molar-refractivity contribution in [3.05, 3.63) is 256 Å². The zero-order chi connectivity index (χ0) is 51.7. The first kappa shape index (κ1) is 52.7. The van der Waals surface area contributed by atoms with Crippen LogP contribution in [0.3, 0.4) is 0 Å². The predicted molar refractivity (Wildman–Crippen MR) is 283 cm³/mol. The third kappa shape index (κ3) is 13.6. The molecule has 0 bridgehead atoms. The highest BCUT2D eigenvalue weighted by Crippen LogP contribution is 2.41. The molecule has 7 aromatic carbocycles. The number of azide groups is 1. The lowest BCUT2D eigenvalue weighted by molar-refractivity contribution is -0.370. The van der Waals surface area contributed by atoms with Gasteiger partial charge in [0, 0.05) is 10.5 Å². The van der Waals surface area contributed by atoms with Crippen LogP contribution in [-0.4, -0.2) is 81.0 Å². The van der Waals surface area contributed by atoms with Gasteiger partial charge >= 0.3 is 0 Å². The monoisotopic (exact) mass is 1030 g/mol. The van der Waals surface area contributed by atoms with Crippen molar-refractivity contribution in [1.82, 2.24) is 0 Å². The van der Waals surface area contributed by atoms with E-state index in [4.69, 9.17) is 52.1 Å². The first-order chi connectivity index (χ1) is 37.6. The number of fused-ring (bicyclic) bond motifs is 1. The van der Waals surface area contributed by atoms with E-state index in [0.717, 1.165) is 38.9 Å². The summed E-state index contributed by atoms with van der Waals surface area (Å²) < 4.78 is 75.9. The van der Waals surface area contributed by atoms with E-state index in [9.17, 15) is 5.53 Å². The van der Waals surface area contributed by atoms with Crippen LogP contribution in [0.4, 0.5) is 0 Å². The van der Waals surface area contributed by atoms with Crippen LogP contribution in [0.15, 0.2) is 211 Å². The highest BCUT2D eigenvalue weighted by atomic mass is 16.8. The molecule has 0 N–H and O–H groups in total. The average Bonchev–Trinajstić information content (AvgIpc) is 3.49. The van der Waals surface area contributed by atoms with Crippen LogP contribution >= 0.6 is 0 Å². The lowest BCUT2D eigenvalue weighted by Crippen LogP contribution is -2.69. The zero-order valence-electron chi connectivity index (χ0n) is 42.3. The standard InChI is InChI=1S/C62H63N3O11/c1-66-50-34-32-48(33-35-50)41-72-59-57(70-39-46-26-14-5-15-27-46)55(68-37-44-22-10-3-11-23-44)56(69-38-45-24-12-4-13-25-45)58(71-40-47-28-16-6-17-29-47)60(59)76-62-52(64-65-63)54(67-36-43-20-8-2-9-21-43)53-51(74-62)42-73-61(75-53)49-30-18-7-19-31-49/h2-35,51-62H,36-42H2,1H3/t51-,52-,53-,54-,55-,56-,57-,58+,59-,60-,61?,62-/m1/s1. The van der Waals surface area contributed by atoms with Gasteiger partial charge in [0.1, 0.15) is 66.7 Å². The van der Waals surface area contributed by atoms with Crippen molar-refractivity contribution in [3.8, 4) is 5.75 Å². The minimum absolute atomic E-state index is 0.120. The Kier molecular flexibility index (Phi) is 18.6. The van der Waals surface area contributed by atoms with E-state index < -0.39 is 73.6 Å². The lowest BCUT2D eigenvalue weighted by atomic mass is 9.83. The summed E-state index contributed by atoms with van der Waals surface area (Å²) in [6, 6.07) is 65.9. The van der Waals surface area contributed by atoms with Crippen molar-refractivity contribution < 1.29 is 52.1 Å². The van der Waals surface area contributed by atoms with Crippen molar-refractivity contribution in [3.63, 3.8) is 0 Å². The zero-order valence-corrected chi connectivity index (χ0v) is 42.3. The number of rotatable bonds is 23. The molecular formula is C62H63N3O11. The maximum Gasteiger partial charge on any atom is 0.184 e. The minimum Gasteiger partial charge on any atom is -0.497 e. The molecule has 0 radical (unpaired) electrons. The molecule has 0 aromatic heterocycles. The number of hydrogen-bond donors (Lipinski definition) is 0. The number of ether oxygens (including phenoxy) is 11. The van der Waals surface area contributed by atoms with Crippen molar-refractivity contribution in [2.75, 3.05) is 13.7 Å². The molecule has 10 rings (SSSR count). The van der Waals surface area contributed by atoms with Crippen LogP contribution in [0.2, 0.25) is 0 Å². The van der Waals surface area contributed by atoms with E-state index in [1.165, 1.54) is 0 Å². The van der Waals surface area contributed by atoms with E-state index in [1.54, 1.807) is 7.11 Å². The van der Waals surface area contributed by atoms with Crippen LogP contribution in [0.25, 0.3) is 10.4 Å². The Labute approximate surface area is 443 Å². The van der Waals surface area contributed by atoms with Crippen molar-refractivity contribution in [2.24, 2.45) is 5.11 Å². The maximum atomic E-state index is 10.5. The Balaban J connectivity index is 1.08. The normalized spacial score (nSPS) is 26.2. The van der Waals surface area contributed by atoms with Gasteiger partial charge in [-0.2, -0.15) is 0 Å². The fraction of sp³-hybridized carbons (Fsp3) is 0.323. The van der Waals surface area contributed by atoms with E-state index in [1.807, 2.05) is 206 Å². The van der Waals surface area contributed by atoms with E-state index in [0.29, 0.717) is 5.75 Å². The first-order valence-electron chi connectivity index (χ1n) is 25.8. The molecule has 1 aliphatic carbocycles. The fourth-order valence-corrected chi connectivity index (χ4v) is 9.95. The third-order valence-corrected chi connectivity index (χ3v) is 13.8. The molecule has 1 saturated carbocycles. The first-order valence-corrected chi connectivity index (χ1v) is 25.8. The van der Waals surface area contributed by atoms with Crippen LogP contribution < -0.4 is 4.74 Å². The molecular weight excluding hydrogens is 963 g/mol. The van der Waals surface area contributed by atoms with Gasteiger partial charge in [-0.05, 0) is 51.0 Å². The number of nitrogens with zero attached hydrogens (tertiary/aromatic N) is 3. The maximum absolute atomic E-state index is 10.5. The smallest absolute Gasteiger partial charge is 0.184 e. The van der Waals surface area contributed by atoms with Crippen LogP contribution in [0, 0.1) is 0 Å². The molecule has 1 unspecified atom stereocenters. The van der Waals surface area contributed by atoms with Gasteiger partial charge in [0.05, 0.1) is 53.4 Å². The molecule has 14 heteroatoms. The second-order valence-corrected chi connectivity index (χ2v) is 18.9. The topological polar surface area (TPSA) is 150 Å². The van der Waals surface area contributed by atoms with Gasteiger partial charge in [-0.25, -0.2) is 0 Å². The van der Waals surface area contributed by atoms with Crippen LogP contribution in [0.1, 0.15) is 45.2 Å². The van der Waals surface area contributed by atoms with Gasteiger partial charge in [0.15, 0.2) is 12.6 Å². The van der Waals surface area contributed by atoms with Gasteiger partial charge < -0.3 is 52.1 Å². The van der Waals surface area contributed by atoms with Gasteiger partial charge in [-0.15, -0.1) is 0 Å². The summed E-state index contributed by atoms with van der Waals surface area (Å²) in [5.74, 6) is 0.709. The van der Waals surface area contributed by atoms with Crippen molar-refractivity contribution >= 4 is 0 Å². The highest BCUT2D eigenvalue weighted by Gasteiger charge is 2.58. The van der Waals surface area contributed by atoms with Crippen LogP contribution in [0.5, 0.6) is 5.75 Å². The average molecular weight is 1030 g/mol. The summed E-state index contributed by atoms with van der Waals surface area (Å²) in [5.41, 5.74) is 16.8. The Hall–Kier alpha value is -6.75. The lowest BCUT2D eigenvalue weighted by Gasteiger charge is -2.52. The largest absolute Gasteiger partial charge is 0.497 e. The quantitative estimate of drug-likeness (QED) is 0.0342. The SMILES string of the molecule is COc1ccc(CO[C@@H]2[C@H](OCc3ccccc3)[C@H](OCc3ccccc3)[C@@H](OCc3ccccc3)[C@H](OCc3ccccc3)[C@H]2O[C@H]2O[C@@H]3COC(c4ccccc4)O[C@H]3[C@H](OCc3ccccc3)[C@H]2N=[N+]=[N-])cc1. The Morgan fingerprint density at radius 3 is 1.17 bits per heavy atom. The summed E-state index contributed by atoms with van der Waals surface area (Å²) in [7, 11) is 1.63.